The Morgan fingerprint density at radius 3 is 2.77 bits per heavy atom. The average molecular weight is 387 g/mol. The van der Waals surface area contributed by atoms with E-state index in [0.29, 0.717) is 16.7 Å². The van der Waals surface area contributed by atoms with Crippen molar-refractivity contribution in [3.8, 4) is 0 Å². The van der Waals surface area contributed by atoms with Crippen LogP contribution in [0.1, 0.15) is 23.0 Å². The number of benzene rings is 2. The molecule has 1 aliphatic rings. The molecule has 1 aliphatic heterocycles. The van der Waals surface area contributed by atoms with Gasteiger partial charge in [-0.2, -0.15) is 0 Å². The first kappa shape index (κ1) is 17.0. The van der Waals surface area contributed by atoms with Crippen LogP contribution in [0.3, 0.4) is 0 Å². The first-order valence-corrected chi connectivity index (χ1v) is 9.02. The minimum Gasteiger partial charge on any atom is -0.348 e. The van der Waals surface area contributed by atoms with E-state index in [1.165, 1.54) is 12.1 Å². The number of thiocarbonyl (C=S) groups is 1. The maximum Gasteiger partial charge on any atom is 0.174 e. The van der Waals surface area contributed by atoms with Crippen LogP contribution in [-0.2, 0) is 6.42 Å². The quantitative estimate of drug-likeness (QED) is 0.634. The first-order valence-electron chi connectivity index (χ1n) is 8.23. The normalized spacial score (nSPS) is 16.2. The van der Waals surface area contributed by atoms with E-state index in [2.05, 4.69) is 20.2 Å². The third-order valence-corrected chi connectivity index (χ3v) is 5.15. The Kier molecular flexibility index (Phi) is 4.61. The van der Waals surface area contributed by atoms with Gasteiger partial charge in [0.2, 0.25) is 0 Å². The van der Waals surface area contributed by atoms with E-state index in [0.717, 1.165) is 29.1 Å². The molecule has 3 aromatic rings. The third-order valence-electron chi connectivity index (χ3n) is 4.49. The van der Waals surface area contributed by atoms with Gasteiger partial charge in [-0.3, -0.25) is 0 Å². The monoisotopic (exact) mass is 386 g/mol. The van der Waals surface area contributed by atoms with Crippen molar-refractivity contribution in [2.24, 2.45) is 0 Å². The van der Waals surface area contributed by atoms with Crippen molar-refractivity contribution >= 4 is 34.6 Å². The number of imidazole rings is 1. The van der Waals surface area contributed by atoms with Gasteiger partial charge in [-0.05, 0) is 42.0 Å². The lowest BCUT2D eigenvalue weighted by Gasteiger charge is -2.37. The fourth-order valence-electron chi connectivity index (χ4n) is 3.23. The van der Waals surface area contributed by atoms with Gasteiger partial charge in [0, 0.05) is 18.7 Å². The summed E-state index contributed by atoms with van der Waals surface area (Å²) < 4.78 is 13.4. The smallest absolute Gasteiger partial charge is 0.174 e. The van der Waals surface area contributed by atoms with Gasteiger partial charge in [0.25, 0.3) is 0 Å². The summed E-state index contributed by atoms with van der Waals surface area (Å²) in [6.07, 6.45) is 2.49. The zero-order valence-corrected chi connectivity index (χ0v) is 15.3. The van der Waals surface area contributed by atoms with Crippen molar-refractivity contribution in [1.82, 2.24) is 14.9 Å². The van der Waals surface area contributed by atoms with Gasteiger partial charge >= 0.3 is 0 Å². The predicted octanol–water partition coefficient (Wildman–Crippen LogP) is 4.55. The second-order valence-electron chi connectivity index (χ2n) is 6.07. The number of hydrogen-bond donors (Lipinski definition) is 2. The molecule has 0 radical (unpaired) electrons. The minimum atomic E-state index is -0.268. The minimum absolute atomic E-state index is 0.187. The molecular formula is C19H16ClFN4S. The first-order chi connectivity index (χ1) is 12.6. The highest BCUT2D eigenvalue weighted by molar-refractivity contribution is 7.80. The number of fused-ring (bicyclic) bond motifs is 1. The summed E-state index contributed by atoms with van der Waals surface area (Å²) in [5.41, 5.74) is 3.68. The number of aromatic nitrogens is 2. The second kappa shape index (κ2) is 7.05. The third kappa shape index (κ3) is 3.18. The van der Waals surface area contributed by atoms with Crippen LogP contribution in [0.15, 0.2) is 54.9 Å². The molecule has 0 amide bonds. The van der Waals surface area contributed by atoms with E-state index in [9.17, 15) is 4.39 Å². The molecule has 2 heterocycles. The van der Waals surface area contributed by atoms with Gasteiger partial charge < -0.3 is 15.2 Å². The van der Waals surface area contributed by atoms with Crippen LogP contribution < -0.4 is 5.32 Å². The van der Waals surface area contributed by atoms with Gasteiger partial charge in [0.15, 0.2) is 5.11 Å². The van der Waals surface area contributed by atoms with Crippen molar-refractivity contribution in [2.45, 2.75) is 12.5 Å². The van der Waals surface area contributed by atoms with Gasteiger partial charge in [-0.25, -0.2) is 9.37 Å². The van der Waals surface area contributed by atoms with E-state index >= 15 is 0 Å². The summed E-state index contributed by atoms with van der Waals surface area (Å²) in [5, 5.41) is 4.39. The van der Waals surface area contributed by atoms with Crippen molar-refractivity contribution in [2.75, 3.05) is 11.9 Å². The van der Waals surface area contributed by atoms with E-state index < -0.39 is 0 Å². The van der Waals surface area contributed by atoms with E-state index in [1.807, 2.05) is 24.3 Å². The Bertz CT molecular complexity index is 941. The summed E-state index contributed by atoms with van der Waals surface area (Å²) in [6, 6.07) is 13.7. The van der Waals surface area contributed by atoms with Crippen molar-refractivity contribution in [3.63, 3.8) is 0 Å². The number of rotatable bonds is 2. The molecule has 0 fully saturated rings. The SMILES string of the molecule is Fc1ccc([C@@H]2c3nc[nH]c3CCN2C(=S)Nc2ccccc2Cl)cc1. The zero-order chi connectivity index (χ0) is 18.1. The number of H-pyrrole nitrogens is 1. The van der Waals surface area contributed by atoms with Gasteiger partial charge in [0.05, 0.1) is 22.7 Å². The Morgan fingerprint density at radius 1 is 1.23 bits per heavy atom. The van der Waals surface area contributed by atoms with Crippen LogP contribution in [0, 0.1) is 5.82 Å². The average Bonchev–Trinajstić information content (AvgIpc) is 3.12. The summed E-state index contributed by atoms with van der Waals surface area (Å²) in [4.78, 5) is 9.74. The molecule has 26 heavy (non-hydrogen) atoms. The lowest BCUT2D eigenvalue weighted by atomic mass is 9.96. The Hall–Kier alpha value is -2.44. The second-order valence-corrected chi connectivity index (χ2v) is 6.87. The fourth-order valence-corrected chi connectivity index (χ4v) is 3.72. The van der Waals surface area contributed by atoms with Crippen molar-refractivity contribution in [1.29, 1.82) is 0 Å². The maximum atomic E-state index is 13.4. The molecule has 0 aliphatic carbocycles. The van der Waals surface area contributed by atoms with E-state index in [-0.39, 0.29) is 11.9 Å². The van der Waals surface area contributed by atoms with Gasteiger partial charge in [-0.1, -0.05) is 35.9 Å². The van der Waals surface area contributed by atoms with Crippen LogP contribution in [-0.4, -0.2) is 26.5 Å². The number of para-hydroxylation sites is 1. The summed E-state index contributed by atoms with van der Waals surface area (Å²) >= 11 is 11.9. The summed E-state index contributed by atoms with van der Waals surface area (Å²) in [7, 11) is 0. The van der Waals surface area contributed by atoms with E-state index in [1.54, 1.807) is 18.5 Å². The van der Waals surface area contributed by atoms with Crippen molar-refractivity contribution in [3.05, 3.63) is 82.6 Å². The van der Waals surface area contributed by atoms with Crippen LogP contribution >= 0.6 is 23.8 Å². The highest BCUT2D eigenvalue weighted by Gasteiger charge is 2.32. The summed E-state index contributed by atoms with van der Waals surface area (Å²) in [6.45, 7) is 0.716. The van der Waals surface area contributed by atoms with Crippen LogP contribution in [0.25, 0.3) is 0 Å². The Labute approximate surface area is 161 Å². The Morgan fingerprint density at radius 2 is 2.00 bits per heavy atom. The molecule has 4 nitrogen and oxygen atoms in total. The summed E-state index contributed by atoms with van der Waals surface area (Å²) in [5.74, 6) is -0.268. The number of aromatic amines is 1. The lowest BCUT2D eigenvalue weighted by Crippen LogP contribution is -2.43. The number of anilines is 1. The van der Waals surface area contributed by atoms with Crippen molar-refractivity contribution < 1.29 is 4.39 Å². The highest BCUT2D eigenvalue weighted by atomic mass is 35.5. The molecule has 7 heteroatoms. The topological polar surface area (TPSA) is 44.0 Å². The van der Waals surface area contributed by atoms with Gasteiger partial charge in [-0.15, -0.1) is 0 Å². The number of hydrogen-bond acceptors (Lipinski definition) is 2. The maximum absolute atomic E-state index is 13.4. The molecule has 0 saturated heterocycles. The largest absolute Gasteiger partial charge is 0.348 e. The molecule has 1 aromatic heterocycles. The molecule has 1 atom stereocenters. The molecule has 0 unspecified atom stereocenters. The Balaban J connectivity index is 1.68. The number of nitrogens with one attached hydrogen (secondary N) is 2. The molecular weight excluding hydrogens is 371 g/mol. The number of nitrogens with zero attached hydrogens (tertiary/aromatic N) is 2. The molecule has 0 bridgehead atoms. The highest BCUT2D eigenvalue weighted by Crippen LogP contribution is 2.34. The van der Waals surface area contributed by atoms with Crippen LogP contribution in [0.5, 0.6) is 0 Å². The van der Waals surface area contributed by atoms with Crippen LogP contribution in [0.2, 0.25) is 5.02 Å². The van der Waals surface area contributed by atoms with Gasteiger partial charge in [0.1, 0.15) is 11.9 Å². The molecule has 0 spiro atoms. The lowest BCUT2D eigenvalue weighted by molar-refractivity contribution is 0.336. The molecule has 4 rings (SSSR count). The van der Waals surface area contributed by atoms with E-state index in [4.69, 9.17) is 23.8 Å². The fraction of sp³-hybridized carbons (Fsp3) is 0.158. The zero-order valence-electron chi connectivity index (χ0n) is 13.7. The molecule has 132 valence electrons. The van der Waals surface area contributed by atoms with Crippen LogP contribution in [0.4, 0.5) is 10.1 Å². The predicted molar refractivity (Wildman–Crippen MR) is 105 cm³/mol. The standard InChI is InChI=1S/C19H16ClFN4S/c20-14-3-1-2-4-15(14)24-19(26)25-10-9-16-17(23-11-22-16)18(25)12-5-7-13(21)8-6-12/h1-8,11,18H,9-10H2,(H,22,23)(H,24,26)/t18-/m1/s1. The molecule has 2 N–H and O–H groups in total. The number of halogens is 2. The molecule has 0 saturated carbocycles. The molecule has 2 aromatic carbocycles.